The number of rotatable bonds is 13. The molecule has 1 aromatic rings. The highest BCUT2D eigenvalue weighted by atomic mass is 19.3. The molecule has 35 heavy (non-hydrogen) atoms. The zero-order valence-corrected chi connectivity index (χ0v) is 19.9. The quantitative estimate of drug-likeness (QED) is 0.283. The van der Waals surface area contributed by atoms with E-state index >= 15 is 0 Å². The Morgan fingerprint density at radius 3 is 2.71 bits per heavy atom. The molecule has 2 N–H and O–H groups in total. The molecule has 1 aromatic carbocycles. The molecule has 1 saturated carbocycles. The lowest BCUT2D eigenvalue weighted by molar-refractivity contribution is -0.193. The van der Waals surface area contributed by atoms with Gasteiger partial charge in [-0.25, -0.2) is 0 Å². The smallest absolute Gasteiger partial charge is 0.303 e. The minimum Gasteiger partial charge on any atom is -0.487 e. The van der Waals surface area contributed by atoms with Crippen LogP contribution in [0.15, 0.2) is 54.6 Å². The van der Waals surface area contributed by atoms with Gasteiger partial charge in [-0.3, -0.25) is 4.79 Å². The lowest BCUT2D eigenvalue weighted by Crippen LogP contribution is -2.31. The summed E-state index contributed by atoms with van der Waals surface area (Å²) in [5.74, 6) is -4.36. The van der Waals surface area contributed by atoms with Crippen LogP contribution in [0, 0.1) is 11.8 Å². The third-order valence-corrected chi connectivity index (χ3v) is 6.43. The van der Waals surface area contributed by atoms with Crippen molar-refractivity contribution in [1.82, 2.24) is 0 Å². The fourth-order valence-electron chi connectivity index (χ4n) is 4.58. The maximum atomic E-state index is 14.6. The predicted octanol–water partition coefficient (Wildman–Crippen LogP) is 5.37. The number of ether oxygens (including phenoxy) is 3. The average Bonchev–Trinajstić information content (AvgIpc) is 3.13. The minimum absolute atomic E-state index is 0.0964. The Bertz CT molecular complexity index is 822. The van der Waals surface area contributed by atoms with E-state index in [1.54, 1.807) is 30.3 Å². The maximum Gasteiger partial charge on any atom is 0.303 e. The summed E-state index contributed by atoms with van der Waals surface area (Å²) in [6.45, 7) is -0.175. The maximum absolute atomic E-state index is 14.6. The molecule has 6 nitrogen and oxygen atoms in total. The Morgan fingerprint density at radius 1 is 1.20 bits per heavy atom. The molecule has 1 aliphatic heterocycles. The zero-order chi connectivity index (χ0) is 25.1. The van der Waals surface area contributed by atoms with Gasteiger partial charge in [0.2, 0.25) is 0 Å². The van der Waals surface area contributed by atoms with Crippen LogP contribution in [0.5, 0.6) is 5.75 Å². The van der Waals surface area contributed by atoms with Crippen LogP contribution in [0.25, 0.3) is 0 Å². The summed E-state index contributed by atoms with van der Waals surface area (Å²) in [6.07, 6.45) is 9.36. The zero-order valence-electron chi connectivity index (χ0n) is 19.9. The fraction of sp³-hybridized carbons (Fsp3) is 0.593. The summed E-state index contributed by atoms with van der Waals surface area (Å²) < 4.78 is 46.3. The van der Waals surface area contributed by atoms with Crippen LogP contribution in [0.2, 0.25) is 0 Å². The molecule has 1 heterocycles. The number of alkyl halides is 2. The van der Waals surface area contributed by atoms with Gasteiger partial charge in [0.25, 0.3) is 5.92 Å². The second-order valence-corrected chi connectivity index (χ2v) is 9.23. The number of hydrogen-bond acceptors (Lipinski definition) is 5. The van der Waals surface area contributed by atoms with Gasteiger partial charge in [0.15, 0.2) is 12.9 Å². The van der Waals surface area contributed by atoms with Gasteiger partial charge >= 0.3 is 5.97 Å². The van der Waals surface area contributed by atoms with E-state index in [1.807, 2.05) is 12.2 Å². The van der Waals surface area contributed by atoms with Crippen LogP contribution in [0.1, 0.15) is 51.4 Å². The van der Waals surface area contributed by atoms with Crippen LogP contribution in [0.3, 0.4) is 0 Å². The lowest BCUT2D eigenvalue weighted by Gasteiger charge is -2.29. The number of hydrogen-bond donors (Lipinski definition) is 2. The second kappa shape index (κ2) is 13.7. The van der Waals surface area contributed by atoms with Crippen molar-refractivity contribution >= 4 is 5.97 Å². The van der Waals surface area contributed by atoms with Crippen molar-refractivity contribution in [2.24, 2.45) is 11.8 Å². The largest absolute Gasteiger partial charge is 0.487 e. The molecule has 0 amide bonds. The van der Waals surface area contributed by atoms with Crippen LogP contribution >= 0.6 is 0 Å². The van der Waals surface area contributed by atoms with Gasteiger partial charge in [0.05, 0.1) is 12.2 Å². The molecular weight excluding hydrogens is 458 g/mol. The van der Waals surface area contributed by atoms with Crippen molar-refractivity contribution in [2.45, 2.75) is 75.8 Å². The van der Waals surface area contributed by atoms with Crippen molar-refractivity contribution < 1.29 is 38.0 Å². The number of allylic oxidation sites excluding steroid dienone is 2. The molecule has 8 heteroatoms. The first-order chi connectivity index (χ1) is 16.8. The summed E-state index contributed by atoms with van der Waals surface area (Å²) in [4.78, 5) is 10.6. The van der Waals surface area contributed by atoms with E-state index in [4.69, 9.17) is 19.3 Å². The molecule has 3 rings (SSSR count). The molecule has 0 radical (unpaired) electrons. The Morgan fingerprint density at radius 2 is 2.00 bits per heavy atom. The van der Waals surface area contributed by atoms with E-state index < -0.39 is 36.6 Å². The molecule has 2 fully saturated rings. The van der Waals surface area contributed by atoms with Gasteiger partial charge in [0, 0.05) is 25.4 Å². The topological polar surface area (TPSA) is 85.2 Å². The minimum atomic E-state index is -3.19. The van der Waals surface area contributed by atoms with Crippen LogP contribution in [-0.2, 0) is 14.3 Å². The number of benzene rings is 1. The monoisotopic (exact) mass is 494 g/mol. The number of unbranched alkanes of at least 4 members (excludes halogenated alkanes) is 1. The number of aliphatic hydroxyl groups excluding tert-OH is 1. The standard InChI is InChI=1S/C27H36F2O6/c28-27(29,19-34-20-10-4-3-5-11-20)16-15-22-21(12-6-1-2-7-13-25(31)32)23(30)18-24(22)35-26-14-8-9-17-33-26/h1,3-6,10-11,15-16,21-24,26,30H,2,7-9,12-14,17-19H2,(H,31,32)/b6-1-,16-15+/t21?,22-,23+,24-,26?/m1/s1. The number of para-hydroxylation sites is 1. The molecular formula is C27H36F2O6. The molecule has 0 spiro atoms. The first-order valence-corrected chi connectivity index (χ1v) is 12.4. The second-order valence-electron chi connectivity index (χ2n) is 9.23. The summed E-state index contributed by atoms with van der Waals surface area (Å²) in [5.41, 5.74) is 0. The van der Waals surface area contributed by atoms with Gasteiger partial charge < -0.3 is 24.4 Å². The highest BCUT2D eigenvalue weighted by Crippen LogP contribution is 2.40. The number of aliphatic hydroxyl groups is 1. The summed E-state index contributed by atoms with van der Waals surface area (Å²) in [5, 5.41) is 19.5. The van der Waals surface area contributed by atoms with E-state index in [0.717, 1.165) is 25.3 Å². The third-order valence-electron chi connectivity index (χ3n) is 6.43. The van der Waals surface area contributed by atoms with E-state index in [1.165, 1.54) is 6.08 Å². The number of carboxylic acid groups (broad SMARTS) is 1. The van der Waals surface area contributed by atoms with Crippen molar-refractivity contribution in [2.75, 3.05) is 13.2 Å². The van der Waals surface area contributed by atoms with Gasteiger partial charge in [-0.1, -0.05) is 36.4 Å². The number of halogens is 2. The fourth-order valence-corrected chi connectivity index (χ4v) is 4.58. The van der Waals surface area contributed by atoms with Gasteiger partial charge in [-0.15, -0.1) is 0 Å². The number of aliphatic carboxylic acids is 1. The van der Waals surface area contributed by atoms with Crippen molar-refractivity contribution in [3.05, 3.63) is 54.6 Å². The Kier molecular flexibility index (Phi) is 10.7. The van der Waals surface area contributed by atoms with Crippen LogP contribution in [0.4, 0.5) is 8.78 Å². The van der Waals surface area contributed by atoms with E-state index in [9.17, 15) is 18.7 Å². The lowest BCUT2D eigenvalue weighted by atomic mass is 9.89. The normalized spacial score (nSPS) is 27.6. The van der Waals surface area contributed by atoms with Gasteiger partial charge in [-0.05, 0) is 62.7 Å². The summed E-state index contributed by atoms with van der Waals surface area (Å²) in [6, 6.07) is 8.48. The first kappa shape index (κ1) is 27.3. The van der Waals surface area contributed by atoms with Gasteiger partial charge in [0.1, 0.15) is 5.75 Å². The Balaban J connectivity index is 1.64. The molecule has 2 aliphatic rings. The molecule has 2 unspecified atom stereocenters. The number of carbonyl (C=O) groups is 1. The molecule has 194 valence electrons. The Labute approximate surface area is 205 Å². The summed E-state index contributed by atoms with van der Waals surface area (Å²) >= 11 is 0. The number of carboxylic acids is 1. The molecule has 0 aromatic heterocycles. The average molecular weight is 495 g/mol. The van der Waals surface area contributed by atoms with Gasteiger partial charge in [-0.2, -0.15) is 8.78 Å². The van der Waals surface area contributed by atoms with Crippen LogP contribution in [-0.4, -0.2) is 53.8 Å². The van der Waals surface area contributed by atoms with E-state index in [2.05, 4.69) is 0 Å². The highest BCUT2D eigenvalue weighted by molar-refractivity contribution is 5.66. The van der Waals surface area contributed by atoms with Crippen LogP contribution < -0.4 is 4.74 Å². The highest BCUT2D eigenvalue weighted by Gasteiger charge is 2.43. The first-order valence-electron chi connectivity index (χ1n) is 12.4. The molecule has 0 bridgehead atoms. The van der Waals surface area contributed by atoms with Crippen molar-refractivity contribution in [3.8, 4) is 5.75 Å². The molecule has 1 aliphatic carbocycles. The van der Waals surface area contributed by atoms with Crippen molar-refractivity contribution in [1.29, 1.82) is 0 Å². The van der Waals surface area contributed by atoms with E-state index in [-0.39, 0.29) is 18.6 Å². The SMILES string of the molecule is O=C(O)CCC/C=C\CC1[C@@H](/C=C/C(F)(F)COc2ccccc2)[C@H](OC2CCCCO2)C[C@@H]1O. The third kappa shape index (κ3) is 9.35. The molecule has 5 atom stereocenters. The van der Waals surface area contributed by atoms with E-state index in [0.29, 0.717) is 38.0 Å². The predicted molar refractivity (Wildman–Crippen MR) is 127 cm³/mol. The summed E-state index contributed by atoms with van der Waals surface area (Å²) in [7, 11) is 0. The molecule has 1 saturated heterocycles. The van der Waals surface area contributed by atoms with Crippen molar-refractivity contribution in [3.63, 3.8) is 0 Å². The Hall–Kier alpha value is -2.29.